The van der Waals surface area contributed by atoms with Crippen LogP contribution in [0.1, 0.15) is 40.4 Å². The molecule has 1 fully saturated rings. The minimum atomic E-state index is -0.576. The summed E-state index contributed by atoms with van der Waals surface area (Å²) in [6, 6.07) is 25.6. The number of anilines is 1. The quantitative estimate of drug-likeness (QED) is 0.317. The number of nitrogens with zero attached hydrogens (tertiary/aromatic N) is 1. The van der Waals surface area contributed by atoms with Gasteiger partial charge in [0.1, 0.15) is 0 Å². The molecule has 2 aliphatic rings. The Hall–Kier alpha value is -3.99. The van der Waals surface area contributed by atoms with Crippen molar-refractivity contribution in [3.05, 3.63) is 114 Å². The van der Waals surface area contributed by atoms with Gasteiger partial charge in [-0.15, -0.1) is 0 Å². The molecule has 0 spiro atoms. The Kier molecular flexibility index (Phi) is 5.61. The molecule has 164 valence electrons. The maximum absolute atomic E-state index is 13.2. The van der Waals surface area contributed by atoms with Gasteiger partial charge in [0.05, 0.1) is 23.1 Å². The Morgan fingerprint density at radius 2 is 1.30 bits per heavy atom. The molecule has 0 unspecified atom stereocenters. The van der Waals surface area contributed by atoms with Crippen LogP contribution in [0.5, 0.6) is 0 Å². The summed E-state index contributed by atoms with van der Waals surface area (Å²) in [5, 5.41) is 0. The van der Waals surface area contributed by atoms with Crippen molar-refractivity contribution in [1.82, 2.24) is 0 Å². The largest absolute Gasteiger partial charge is 0.449 e. The number of benzene rings is 3. The third kappa shape index (κ3) is 3.98. The Bertz CT molecular complexity index is 1150. The van der Waals surface area contributed by atoms with Crippen LogP contribution in [0.25, 0.3) is 0 Å². The lowest BCUT2D eigenvalue weighted by atomic mass is 9.85. The van der Waals surface area contributed by atoms with Crippen LogP contribution >= 0.6 is 0 Å². The first-order valence-corrected chi connectivity index (χ1v) is 11.1. The van der Waals surface area contributed by atoms with E-state index in [4.69, 9.17) is 4.74 Å². The summed E-state index contributed by atoms with van der Waals surface area (Å²) in [4.78, 5) is 40.3. The molecule has 0 radical (unpaired) electrons. The second kappa shape index (κ2) is 8.87. The smallest absolute Gasteiger partial charge is 0.339 e. The lowest BCUT2D eigenvalue weighted by molar-refractivity contribution is -0.122. The van der Waals surface area contributed by atoms with Gasteiger partial charge < -0.3 is 4.74 Å². The van der Waals surface area contributed by atoms with Gasteiger partial charge in [0, 0.05) is 0 Å². The third-order valence-corrected chi connectivity index (χ3v) is 6.28. The Labute approximate surface area is 192 Å². The highest BCUT2D eigenvalue weighted by Crippen LogP contribution is 2.38. The number of rotatable bonds is 5. The Balaban J connectivity index is 1.42. The highest BCUT2D eigenvalue weighted by Gasteiger charge is 2.47. The molecule has 0 bridgehead atoms. The summed E-state index contributed by atoms with van der Waals surface area (Å²) >= 11 is 0. The molecule has 1 heterocycles. The average Bonchev–Trinajstić information content (AvgIpc) is 3.13. The Morgan fingerprint density at radius 1 is 0.758 bits per heavy atom. The number of imide groups is 1. The van der Waals surface area contributed by atoms with Crippen molar-refractivity contribution in [3.8, 4) is 0 Å². The number of hydrogen-bond donors (Lipinski definition) is 0. The van der Waals surface area contributed by atoms with Gasteiger partial charge in [-0.25, -0.2) is 4.79 Å². The van der Waals surface area contributed by atoms with Crippen molar-refractivity contribution in [3.63, 3.8) is 0 Å². The van der Waals surface area contributed by atoms with Crippen LogP contribution in [0.4, 0.5) is 5.69 Å². The zero-order valence-electron chi connectivity index (χ0n) is 18.0. The van der Waals surface area contributed by atoms with Gasteiger partial charge in [0.25, 0.3) is 0 Å². The fourth-order valence-corrected chi connectivity index (χ4v) is 4.59. The standard InChI is InChI=1S/C28H23NO4/c30-26-23-16-7-8-17-24(23)27(31)29(26)22-15-9-14-21(18-22)28(32)33-25(19-10-3-1-4-11-19)20-12-5-2-6-13-20/h1-15,18,23-25H,16-17H2/t23-,24-/m1/s1. The molecule has 2 amide bonds. The first kappa shape index (κ1) is 20.9. The summed E-state index contributed by atoms with van der Waals surface area (Å²) in [7, 11) is 0. The van der Waals surface area contributed by atoms with E-state index in [9.17, 15) is 14.4 Å². The van der Waals surface area contributed by atoms with Crippen LogP contribution in [-0.4, -0.2) is 17.8 Å². The monoisotopic (exact) mass is 437 g/mol. The lowest BCUT2D eigenvalue weighted by Gasteiger charge is -2.20. The Morgan fingerprint density at radius 3 is 1.85 bits per heavy atom. The number of amides is 2. The highest BCUT2D eigenvalue weighted by molar-refractivity contribution is 6.22. The molecule has 3 aromatic carbocycles. The van der Waals surface area contributed by atoms with E-state index in [1.165, 1.54) is 4.90 Å². The fourth-order valence-electron chi connectivity index (χ4n) is 4.59. The molecule has 5 nitrogen and oxygen atoms in total. The van der Waals surface area contributed by atoms with E-state index in [1.54, 1.807) is 24.3 Å². The van der Waals surface area contributed by atoms with E-state index in [1.807, 2.05) is 72.8 Å². The first-order valence-electron chi connectivity index (χ1n) is 11.1. The summed E-state index contributed by atoms with van der Waals surface area (Å²) in [5.74, 6) is -1.57. The second-order valence-corrected chi connectivity index (χ2v) is 8.32. The molecule has 5 rings (SSSR count). The zero-order valence-corrected chi connectivity index (χ0v) is 18.0. The van der Waals surface area contributed by atoms with Crippen molar-refractivity contribution in [2.45, 2.75) is 18.9 Å². The van der Waals surface area contributed by atoms with E-state index in [0.29, 0.717) is 18.5 Å². The van der Waals surface area contributed by atoms with Gasteiger partial charge in [-0.3, -0.25) is 14.5 Å². The summed E-state index contributed by atoms with van der Waals surface area (Å²) < 4.78 is 5.94. The summed E-state index contributed by atoms with van der Waals surface area (Å²) in [5.41, 5.74) is 2.41. The molecule has 1 aliphatic heterocycles. The number of carbonyl (C=O) groups excluding carboxylic acids is 3. The lowest BCUT2D eigenvalue weighted by Crippen LogP contribution is -2.31. The summed E-state index contributed by atoms with van der Waals surface area (Å²) in [6.07, 6.45) is 4.48. The zero-order chi connectivity index (χ0) is 22.8. The number of ether oxygens (including phenoxy) is 1. The average molecular weight is 437 g/mol. The van der Waals surface area contributed by atoms with Gasteiger partial charge in [0.15, 0.2) is 6.10 Å². The van der Waals surface area contributed by atoms with Crippen LogP contribution in [0, 0.1) is 11.8 Å². The minimum absolute atomic E-state index is 0.202. The van der Waals surface area contributed by atoms with Crippen molar-refractivity contribution < 1.29 is 19.1 Å². The number of allylic oxidation sites excluding steroid dienone is 2. The van der Waals surface area contributed by atoms with Gasteiger partial charge in [-0.2, -0.15) is 0 Å². The topological polar surface area (TPSA) is 63.7 Å². The number of hydrogen-bond acceptors (Lipinski definition) is 4. The molecule has 0 N–H and O–H groups in total. The number of carbonyl (C=O) groups is 3. The van der Waals surface area contributed by atoms with Gasteiger partial charge in [-0.05, 0) is 42.2 Å². The number of esters is 1. The van der Waals surface area contributed by atoms with Gasteiger partial charge in [0.2, 0.25) is 11.8 Å². The van der Waals surface area contributed by atoms with E-state index >= 15 is 0 Å². The fraction of sp³-hybridized carbons (Fsp3) is 0.179. The van der Waals surface area contributed by atoms with Crippen molar-refractivity contribution >= 4 is 23.5 Å². The molecule has 2 atom stereocenters. The molecule has 3 aromatic rings. The first-order chi connectivity index (χ1) is 16.1. The summed E-state index contributed by atoms with van der Waals surface area (Å²) in [6.45, 7) is 0. The van der Waals surface area contributed by atoms with Crippen molar-refractivity contribution in [2.75, 3.05) is 4.90 Å². The van der Waals surface area contributed by atoms with Gasteiger partial charge >= 0.3 is 5.97 Å². The molecule has 0 aromatic heterocycles. The maximum Gasteiger partial charge on any atom is 0.339 e. The molecule has 33 heavy (non-hydrogen) atoms. The van der Waals surface area contributed by atoms with Crippen LogP contribution < -0.4 is 4.90 Å². The van der Waals surface area contributed by atoms with E-state index < -0.39 is 12.1 Å². The normalized spacial score (nSPS) is 19.6. The molecule has 1 aliphatic carbocycles. The van der Waals surface area contributed by atoms with E-state index in [0.717, 1.165) is 11.1 Å². The van der Waals surface area contributed by atoms with Crippen LogP contribution in [0.2, 0.25) is 0 Å². The van der Waals surface area contributed by atoms with Gasteiger partial charge in [-0.1, -0.05) is 78.9 Å². The molecule has 1 saturated heterocycles. The third-order valence-electron chi connectivity index (χ3n) is 6.28. The molecular weight excluding hydrogens is 414 g/mol. The SMILES string of the molecule is O=C(OC(c1ccccc1)c1ccccc1)c1cccc(N2C(=O)[C@@H]3CC=CC[C@H]3C2=O)c1. The second-order valence-electron chi connectivity index (χ2n) is 8.32. The van der Waals surface area contributed by atoms with Crippen LogP contribution in [-0.2, 0) is 14.3 Å². The van der Waals surface area contributed by atoms with E-state index in [2.05, 4.69) is 0 Å². The highest BCUT2D eigenvalue weighted by atomic mass is 16.5. The van der Waals surface area contributed by atoms with Crippen molar-refractivity contribution in [2.24, 2.45) is 11.8 Å². The minimum Gasteiger partial charge on any atom is -0.449 e. The molecule has 0 saturated carbocycles. The molecular formula is C28H23NO4. The maximum atomic E-state index is 13.2. The molecule has 5 heteroatoms. The van der Waals surface area contributed by atoms with E-state index in [-0.39, 0.29) is 29.2 Å². The predicted octanol–water partition coefficient (Wildman–Crippen LogP) is 5.09. The number of fused-ring (bicyclic) bond motifs is 1. The van der Waals surface area contributed by atoms with Crippen LogP contribution in [0.15, 0.2) is 97.1 Å². The van der Waals surface area contributed by atoms with Crippen LogP contribution in [0.3, 0.4) is 0 Å². The van der Waals surface area contributed by atoms with Crippen molar-refractivity contribution in [1.29, 1.82) is 0 Å². The predicted molar refractivity (Wildman–Crippen MR) is 124 cm³/mol.